The lowest BCUT2D eigenvalue weighted by Gasteiger charge is -2.35. The van der Waals surface area contributed by atoms with Crippen molar-refractivity contribution in [3.8, 4) is 0 Å². The number of nitrogens with zero attached hydrogens (tertiary/aromatic N) is 4. The van der Waals surface area contributed by atoms with Gasteiger partial charge in [0.15, 0.2) is 10.6 Å². The van der Waals surface area contributed by atoms with Gasteiger partial charge in [-0.1, -0.05) is 16.5 Å². The minimum absolute atomic E-state index is 0.0992. The molecule has 0 radical (unpaired) electrons. The number of hydrogen-bond donors (Lipinski definition) is 2. The van der Waals surface area contributed by atoms with Gasteiger partial charge in [-0.2, -0.15) is 4.98 Å². The van der Waals surface area contributed by atoms with Crippen LogP contribution in [0, 0.1) is 0 Å². The lowest BCUT2D eigenvalue weighted by Crippen LogP contribution is -2.46. The highest BCUT2D eigenvalue weighted by atomic mass is 32.2. The molecule has 11 heteroatoms. The van der Waals surface area contributed by atoms with E-state index in [0.717, 1.165) is 6.42 Å². The van der Waals surface area contributed by atoms with Crippen molar-refractivity contribution in [2.45, 2.75) is 30.4 Å². The van der Waals surface area contributed by atoms with Crippen LogP contribution in [-0.2, 0) is 21.2 Å². The first-order valence-corrected chi connectivity index (χ1v) is 8.79. The summed E-state index contributed by atoms with van der Waals surface area (Å²) in [5, 5.41) is 20.4. The van der Waals surface area contributed by atoms with E-state index in [0.29, 0.717) is 36.8 Å². The molecule has 1 aliphatic rings. The molecule has 0 aliphatic heterocycles. The second kappa shape index (κ2) is 5.31. The van der Waals surface area contributed by atoms with Gasteiger partial charge in [0.05, 0.1) is 0 Å². The van der Waals surface area contributed by atoms with Gasteiger partial charge in [-0.05, 0) is 19.3 Å². The number of nitrogens with one attached hydrogen (secondary N) is 1. The third kappa shape index (κ3) is 2.63. The number of anilines is 1. The Morgan fingerprint density at radius 3 is 2.86 bits per heavy atom. The molecule has 2 aromatic heterocycles. The molecule has 1 fully saturated rings. The molecule has 3 rings (SSSR count). The summed E-state index contributed by atoms with van der Waals surface area (Å²) in [4.78, 5) is 4.18. The van der Waals surface area contributed by atoms with Gasteiger partial charge in [0.2, 0.25) is 21.0 Å². The summed E-state index contributed by atoms with van der Waals surface area (Å²) in [6.45, 7) is 0.552. The van der Waals surface area contributed by atoms with Gasteiger partial charge < -0.3 is 9.84 Å². The van der Waals surface area contributed by atoms with E-state index in [4.69, 9.17) is 9.66 Å². The number of hydrogen-bond acceptors (Lipinski definition) is 9. The zero-order chi connectivity index (χ0) is 14.9. The molecular weight excluding hydrogens is 316 g/mol. The van der Waals surface area contributed by atoms with E-state index in [1.165, 1.54) is 11.3 Å². The highest BCUT2D eigenvalue weighted by Gasteiger charge is 2.53. The van der Waals surface area contributed by atoms with Crippen LogP contribution in [0.2, 0.25) is 0 Å². The maximum absolute atomic E-state index is 11.7. The molecule has 1 aliphatic carbocycles. The second-order valence-electron chi connectivity index (χ2n) is 4.83. The van der Waals surface area contributed by atoms with Crippen LogP contribution in [0.3, 0.4) is 0 Å². The molecule has 0 spiro atoms. The van der Waals surface area contributed by atoms with Crippen LogP contribution in [0.15, 0.2) is 10.0 Å². The van der Waals surface area contributed by atoms with Crippen molar-refractivity contribution >= 4 is 26.5 Å². The van der Waals surface area contributed by atoms with Gasteiger partial charge in [0, 0.05) is 13.0 Å². The fourth-order valence-electron chi connectivity index (χ4n) is 2.19. The first-order chi connectivity index (χ1) is 10.0. The number of sulfonamides is 1. The van der Waals surface area contributed by atoms with Crippen LogP contribution in [0.4, 0.5) is 5.13 Å². The monoisotopic (exact) mass is 330 g/mol. The Kier molecular flexibility index (Phi) is 3.63. The van der Waals surface area contributed by atoms with Gasteiger partial charge in [0.25, 0.3) is 0 Å². The maximum atomic E-state index is 11.7. The topological polar surface area (TPSA) is 137 Å². The minimum atomic E-state index is -3.75. The molecule has 0 atom stereocenters. The molecule has 0 bridgehead atoms. The largest absolute Gasteiger partial charge is 0.360 e. The molecule has 1 saturated carbocycles. The molecule has 0 aromatic carbocycles. The summed E-state index contributed by atoms with van der Waals surface area (Å²) < 4.78 is 27.4. The maximum Gasteiger partial charge on any atom is 0.249 e. The van der Waals surface area contributed by atoms with Crippen molar-refractivity contribution in [1.29, 1.82) is 0 Å². The first kappa shape index (κ1) is 14.4. The van der Waals surface area contributed by atoms with E-state index in [2.05, 4.69) is 25.7 Å². The third-order valence-corrected chi connectivity index (χ3v) is 5.87. The molecule has 0 unspecified atom stereocenters. The Labute approximate surface area is 125 Å². The van der Waals surface area contributed by atoms with Crippen molar-refractivity contribution in [1.82, 2.24) is 20.3 Å². The van der Waals surface area contributed by atoms with E-state index >= 15 is 0 Å². The van der Waals surface area contributed by atoms with E-state index in [1.54, 1.807) is 5.51 Å². The number of nitrogens with two attached hydrogens (primary N) is 1. The summed E-state index contributed by atoms with van der Waals surface area (Å²) in [5.41, 5.74) is 1.63. The van der Waals surface area contributed by atoms with Crippen molar-refractivity contribution < 1.29 is 12.9 Å². The molecule has 3 N–H and O–H groups in total. The van der Waals surface area contributed by atoms with E-state index < -0.39 is 14.8 Å². The smallest absolute Gasteiger partial charge is 0.249 e. The van der Waals surface area contributed by atoms with Gasteiger partial charge in [-0.15, -0.1) is 10.2 Å². The summed E-state index contributed by atoms with van der Waals surface area (Å²) in [5.74, 6) is 0.541. The summed E-state index contributed by atoms with van der Waals surface area (Å²) in [6.07, 6.45) is 2.13. The zero-order valence-electron chi connectivity index (χ0n) is 11.0. The highest BCUT2D eigenvalue weighted by molar-refractivity contribution is 7.90. The molecule has 2 aromatic rings. The van der Waals surface area contributed by atoms with Crippen LogP contribution in [-0.4, -0.2) is 35.3 Å². The molecule has 0 amide bonds. The molecular formula is C10H14N6O3S2. The third-order valence-electron chi connectivity index (χ3n) is 3.55. The number of rotatable bonds is 6. The van der Waals surface area contributed by atoms with E-state index in [1.807, 2.05) is 0 Å². The van der Waals surface area contributed by atoms with Gasteiger partial charge in [0.1, 0.15) is 5.51 Å². The predicted octanol–water partition coefficient (Wildman–Crippen LogP) is 0.243. The average Bonchev–Trinajstić information content (AvgIpc) is 2.97. The zero-order valence-corrected chi connectivity index (χ0v) is 12.7. The molecule has 2 heterocycles. The average molecular weight is 330 g/mol. The van der Waals surface area contributed by atoms with Crippen molar-refractivity contribution in [3.63, 3.8) is 0 Å². The lowest BCUT2D eigenvalue weighted by molar-refractivity contribution is 0.250. The number of aromatic nitrogens is 4. The Bertz CT molecular complexity index is 707. The van der Waals surface area contributed by atoms with Gasteiger partial charge in [-0.3, -0.25) is 0 Å². The fraction of sp³-hybridized carbons (Fsp3) is 0.600. The lowest BCUT2D eigenvalue weighted by atomic mass is 9.84. The van der Waals surface area contributed by atoms with Crippen LogP contribution in [0.5, 0.6) is 0 Å². The normalized spacial score (nSPS) is 17.4. The van der Waals surface area contributed by atoms with E-state index in [9.17, 15) is 8.42 Å². The predicted molar refractivity (Wildman–Crippen MR) is 75.0 cm³/mol. The van der Waals surface area contributed by atoms with E-state index in [-0.39, 0.29) is 5.89 Å². The van der Waals surface area contributed by atoms with Crippen LogP contribution in [0.1, 0.15) is 31.0 Å². The van der Waals surface area contributed by atoms with Crippen molar-refractivity contribution in [3.05, 3.63) is 17.2 Å². The Morgan fingerprint density at radius 1 is 1.48 bits per heavy atom. The number of primary sulfonamides is 1. The van der Waals surface area contributed by atoms with Crippen molar-refractivity contribution in [2.24, 2.45) is 5.14 Å². The standard InChI is InChI=1S/C10H14N6O3S2/c11-21(17,18)10(3-1-4-10)8-14-7(16-19-8)2-5-12-9-15-13-6-20-9/h6H,1-5H2,(H,12,15)(H2,11,17,18). The van der Waals surface area contributed by atoms with Crippen molar-refractivity contribution in [2.75, 3.05) is 11.9 Å². The molecule has 9 nitrogen and oxygen atoms in total. The second-order valence-corrected chi connectivity index (χ2v) is 7.53. The quantitative estimate of drug-likeness (QED) is 0.768. The Balaban J connectivity index is 1.66. The van der Waals surface area contributed by atoms with Crippen LogP contribution >= 0.6 is 11.3 Å². The van der Waals surface area contributed by atoms with Gasteiger partial charge in [-0.25, -0.2) is 13.6 Å². The van der Waals surface area contributed by atoms with Crippen LogP contribution in [0.25, 0.3) is 0 Å². The van der Waals surface area contributed by atoms with Gasteiger partial charge >= 0.3 is 0 Å². The molecule has 114 valence electrons. The summed E-state index contributed by atoms with van der Waals surface area (Å²) >= 11 is 1.39. The molecule has 0 saturated heterocycles. The summed E-state index contributed by atoms with van der Waals surface area (Å²) in [6, 6.07) is 0. The SMILES string of the molecule is NS(=O)(=O)C1(c2nc(CCNc3nncs3)no2)CCC1. The Hall–Kier alpha value is -1.59. The molecule has 21 heavy (non-hydrogen) atoms. The summed E-state index contributed by atoms with van der Waals surface area (Å²) in [7, 11) is -3.75. The fourth-order valence-corrected chi connectivity index (χ4v) is 3.85. The minimum Gasteiger partial charge on any atom is -0.360 e. The highest BCUT2D eigenvalue weighted by Crippen LogP contribution is 2.46. The van der Waals surface area contributed by atoms with Crippen LogP contribution < -0.4 is 10.5 Å². The Morgan fingerprint density at radius 2 is 2.29 bits per heavy atom. The first-order valence-electron chi connectivity index (χ1n) is 6.37.